The zero-order valence-electron chi connectivity index (χ0n) is 16.5. The van der Waals surface area contributed by atoms with Crippen molar-refractivity contribution in [1.82, 2.24) is 9.36 Å². The summed E-state index contributed by atoms with van der Waals surface area (Å²) in [4.78, 5) is 19.6. The fourth-order valence-electron chi connectivity index (χ4n) is 3.44. The number of nitrogens with one attached hydrogen (secondary N) is 1. The van der Waals surface area contributed by atoms with Gasteiger partial charge in [-0.25, -0.2) is 4.98 Å². The van der Waals surface area contributed by atoms with E-state index in [2.05, 4.69) is 31.2 Å². The number of pyridine rings is 1. The van der Waals surface area contributed by atoms with Crippen LogP contribution in [0.1, 0.15) is 23.7 Å². The molecule has 6 nitrogen and oxygen atoms in total. The summed E-state index contributed by atoms with van der Waals surface area (Å²) in [6.07, 6.45) is 2.63. The molecule has 10 heteroatoms. The van der Waals surface area contributed by atoms with E-state index in [4.69, 9.17) is 11.6 Å². The number of nitrogens with zero attached hydrogens (tertiary/aromatic N) is 3. The molecule has 0 aliphatic carbocycles. The average Bonchev–Trinajstić information content (AvgIpc) is 3.40. The smallest absolute Gasteiger partial charge is 0.420 e. The Balaban J connectivity index is 1.55. The van der Waals surface area contributed by atoms with Gasteiger partial charge in [0.25, 0.3) is 5.91 Å². The van der Waals surface area contributed by atoms with Crippen molar-refractivity contribution in [2.45, 2.75) is 18.9 Å². The van der Waals surface area contributed by atoms with Gasteiger partial charge in [0.1, 0.15) is 11.6 Å². The van der Waals surface area contributed by atoms with Gasteiger partial charge in [0.05, 0.1) is 11.3 Å². The van der Waals surface area contributed by atoms with E-state index in [0.29, 0.717) is 17.2 Å². The minimum absolute atomic E-state index is 0.116. The number of amides is 1. The maximum absolute atomic E-state index is 12.8. The van der Waals surface area contributed by atoms with Gasteiger partial charge < -0.3 is 15.0 Å². The summed E-state index contributed by atoms with van der Waals surface area (Å²) in [5.41, 5.74) is -1.44. The van der Waals surface area contributed by atoms with Crippen LogP contribution in [-0.4, -0.2) is 33.9 Å². The Morgan fingerprint density at radius 2 is 2.10 bits per heavy atom. The highest BCUT2D eigenvalue weighted by Crippen LogP contribution is 2.33. The van der Waals surface area contributed by atoms with Gasteiger partial charge in [-0.15, -0.1) is 8.78 Å². The van der Waals surface area contributed by atoms with E-state index in [0.717, 1.165) is 36.6 Å². The van der Waals surface area contributed by atoms with E-state index < -0.39 is 5.57 Å². The predicted octanol–water partition coefficient (Wildman–Crippen LogP) is 5.47. The predicted molar refractivity (Wildman–Crippen MR) is 117 cm³/mol. The Labute approximate surface area is 187 Å². The molecule has 4 rings (SSSR count). The van der Waals surface area contributed by atoms with Crippen LogP contribution in [0.2, 0.25) is 0 Å². The lowest BCUT2D eigenvalue weighted by molar-refractivity contribution is -0.0964. The fraction of sp³-hybridized carbons (Fsp3) is 0.286. The van der Waals surface area contributed by atoms with Gasteiger partial charge in [0, 0.05) is 47.5 Å². The van der Waals surface area contributed by atoms with Gasteiger partial charge in [0.15, 0.2) is 0 Å². The second kappa shape index (κ2) is 8.76. The van der Waals surface area contributed by atoms with Crippen LogP contribution < -0.4 is 15.0 Å². The van der Waals surface area contributed by atoms with Crippen molar-refractivity contribution in [3.05, 3.63) is 53.5 Å². The number of aromatic nitrogens is 2. The highest BCUT2D eigenvalue weighted by molar-refractivity contribution is 7.03. The number of hydrogen-bond donors (Lipinski definition) is 1. The number of rotatable bonds is 6. The largest absolute Gasteiger partial charge is 0.487 e. The van der Waals surface area contributed by atoms with Crippen molar-refractivity contribution < 1.29 is 18.3 Å². The molecule has 162 valence electrons. The van der Waals surface area contributed by atoms with Gasteiger partial charge in [-0.3, -0.25) is 4.79 Å². The number of alkyl halides is 3. The van der Waals surface area contributed by atoms with Gasteiger partial charge in [-0.1, -0.05) is 6.92 Å². The lowest BCUT2D eigenvalue weighted by atomic mass is 10.1. The molecule has 1 atom stereocenters. The zero-order valence-corrected chi connectivity index (χ0v) is 18.1. The van der Waals surface area contributed by atoms with Crippen molar-refractivity contribution in [2.24, 2.45) is 5.92 Å². The molecular weight excluding hydrogens is 446 g/mol. The van der Waals surface area contributed by atoms with Gasteiger partial charge in [-0.05, 0) is 60.3 Å². The number of halogens is 3. The van der Waals surface area contributed by atoms with Crippen LogP contribution in [0.4, 0.5) is 20.3 Å². The molecular formula is C21H19ClF2N4O2S. The molecule has 31 heavy (non-hydrogen) atoms. The monoisotopic (exact) mass is 464 g/mol. The lowest BCUT2D eigenvalue weighted by Gasteiger charge is -2.20. The number of benzene rings is 1. The van der Waals surface area contributed by atoms with Crippen LogP contribution in [0.25, 0.3) is 11.3 Å². The molecule has 1 aliphatic heterocycles. The standard InChI is InChI=1S/C21H19ClF2N4O2S/c1-13-6-8-28(12-13)19-17(18-7-9-31-27-18)10-14(11-25-19)20(29)26-15-2-4-16(5-3-15)30-21(22,23)24/h2-5,7,9-11,13H,6,8,12H2,1H3,(H,26,29)/t13-/m1/s1. The van der Waals surface area contributed by atoms with Crippen molar-refractivity contribution in [2.75, 3.05) is 23.3 Å². The van der Waals surface area contributed by atoms with Crippen LogP contribution in [-0.2, 0) is 0 Å². The molecule has 0 spiro atoms. The van der Waals surface area contributed by atoms with Crippen LogP contribution in [0.3, 0.4) is 0 Å². The molecule has 1 fully saturated rings. The quantitative estimate of drug-likeness (QED) is 0.490. The Morgan fingerprint density at radius 3 is 2.71 bits per heavy atom. The summed E-state index contributed by atoms with van der Waals surface area (Å²) in [7, 11) is 0. The number of ether oxygens (including phenoxy) is 1. The van der Waals surface area contributed by atoms with Gasteiger partial charge >= 0.3 is 5.57 Å². The molecule has 1 N–H and O–H groups in total. The molecule has 0 bridgehead atoms. The summed E-state index contributed by atoms with van der Waals surface area (Å²) in [6.45, 7) is 4.02. The van der Waals surface area contributed by atoms with Crippen molar-refractivity contribution in [3.63, 3.8) is 0 Å². The first kappa shape index (κ1) is 21.5. The highest BCUT2D eigenvalue weighted by atomic mass is 35.5. The maximum Gasteiger partial charge on any atom is 0.487 e. The van der Waals surface area contributed by atoms with E-state index in [1.165, 1.54) is 42.0 Å². The first-order chi connectivity index (χ1) is 14.8. The number of carbonyl (C=O) groups excluding carboxylic acids is 1. The molecule has 0 saturated carbocycles. The first-order valence-electron chi connectivity index (χ1n) is 9.61. The average molecular weight is 465 g/mol. The Kier molecular flexibility index (Phi) is 6.06. The van der Waals surface area contributed by atoms with Crippen LogP contribution >= 0.6 is 23.1 Å². The molecule has 1 aromatic carbocycles. The van der Waals surface area contributed by atoms with Crippen LogP contribution in [0.15, 0.2) is 48.0 Å². The Morgan fingerprint density at radius 1 is 1.32 bits per heavy atom. The minimum Gasteiger partial charge on any atom is -0.420 e. The third-order valence-corrected chi connectivity index (χ3v) is 5.55. The van der Waals surface area contributed by atoms with E-state index in [1.807, 2.05) is 11.4 Å². The third-order valence-electron chi connectivity index (χ3n) is 4.91. The van der Waals surface area contributed by atoms with E-state index in [1.54, 1.807) is 6.07 Å². The first-order valence-corrected chi connectivity index (χ1v) is 10.8. The number of hydrogen-bond acceptors (Lipinski definition) is 6. The van der Waals surface area contributed by atoms with Gasteiger partial charge in [-0.2, -0.15) is 4.37 Å². The van der Waals surface area contributed by atoms with Crippen molar-refractivity contribution in [3.8, 4) is 17.0 Å². The van der Waals surface area contributed by atoms with E-state index in [-0.39, 0.29) is 11.7 Å². The molecule has 3 heterocycles. The third kappa shape index (κ3) is 5.29. The van der Waals surface area contributed by atoms with Crippen LogP contribution in [0, 0.1) is 5.92 Å². The number of anilines is 2. The maximum atomic E-state index is 12.8. The second-order valence-corrected chi connectivity index (χ2v) is 8.45. The second-order valence-electron chi connectivity index (χ2n) is 7.35. The topological polar surface area (TPSA) is 67.4 Å². The molecule has 1 aliphatic rings. The van der Waals surface area contributed by atoms with Gasteiger partial charge in [0.2, 0.25) is 0 Å². The summed E-state index contributed by atoms with van der Waals surface area (Å²) in [6, 6.07) is 9.17. The minimum atomic E-state index is -3.79. The highest BCUT2D eigenvalue weighted by Gasteiger charge is 2.27. The summed E-state index contributed by atoms with van der Waals surface area (Å²) in [5, 5.41) is 4.61. The molecule has 3 aromatic rings. The summed E-state index contributed by atoms with van der Waals surface area (Å²) in [5.74, 6) is 0.908. The molecule has 2 aromatic heterocycles. The van der Waals surface area contributed by atoms with E-state index in [9.17, 15) is 13.6 Å². The Bertz CT molecular complexity index is 1060. The fourth-order valence-corrected chi connectivity index (χ4v) is 4.06. The van der Waals surface area contributed by atoms with Crippen molar-refractivity contribution in [1.29, 1.82) is 0 Å². The van der Waals surface area contributed by atoms with Crippen molar-refractivity contribution >= 4 is 40.5 Å². The summed E-state index contributed by atoms with van der Waals surface area (Å²) < 4.78 is 34.1. The van der Waals surface area contributed by atoms with E-state index >= 15 is 0 Å². The molecule has 0 unspecified atom stereocenters. The summed E-state index contributed by atoms with van der Waals surface area (Å²) >= 11 is 6.09. The van der Waals surface area contributed by atoms with Crippen LogP contribution in [0.5, 0.6) is 5.75 Å². The normalized spacial score (nSPS) is 16.4. The molecule has 1 saturated heterocycles. The SMILES string of the molecule is C[C@@H]1CCN(c2ncc(C(=O)Nc3ccc(OC(F)(F)Cl)cc3)cc2-c2ccsn2)C1. The lowest BCUT2D eigenvalue weighted by Crippen LogP contribution is -2.22. The zero-order chi connectivity index (χ0) is 22.0. The Hall–Kier alpha value is -2.78. The molecule has 0 radical (unpaired) electrons. The molecule has 1 amide bonds. The number of carbonyl (C=O) groups is 1.